The van der Waals surface area contributed by atoms with Crippen LogP contribution in [0.15, 0.2) is 12.1 Å². The van der Waals surface area contributed by atoms with Gasteiger partial charge >= 0.3 is 0 Å². The van der Waals surface area contributed by atoms with E-state index in [9.17, 15) is 4.79 Å². The molecule has 0 aromatic carbocycles. The molecule has 0 saturated heterocycles. The number of nitrogens with one attached hydrogen (secondary N) is 2. The van der Waals surface area contributed by atoms with Crippen molar-refractivity contribution in [1.29, 1.82) is 0 Å². The maximum atomic E-state index is 12.3. The van der Waals surface area contributed by atoms with Gasteiger partial charge in [-0.2, -0.15) is 0 Å². The summed E-state index contributed by atoms with van der Waals surface area (Å²) in [4.78, 5) is 16.2. The third kappa shape index (κ3) is 3.81. The Morgan fingerprint density at radius 3 is 2.37 bits per heavy atom. The molecular weight excluding hydrogens is 264 g/mol. The molecule has 0 atom stereocenters. The summed E-state index contributed by atoms with van der Waals surface area (Å²) < 4.78 is 0. The topological polar surface area (TPSA) is 80.0 Å². The van der Waals surface area contributed by atoms with Crippen LogP contribution in [0, 0.1) is 0 Å². The number of hydrogen-bond donors (Lipinski definition) is 3. The van der Waals surface area contributed by atoms with Gasteiger partial charge in [-0.15, -0.1) is 0 Å². The lowest BCUT2D eigenvalue weighted by molar-refractivity contribution is 0.0888. The highest BCUT2D eigenvalue weighted by atomic mass is 35.5. The number of nitrogens with two attached hydrogens (primary N) is 1. The summed E-state index contributed by atoms with van der Waals surface area (Å²) in [6, 6.07) is 3.11. The number of pyridine rings is 1. The summed E-state index contributed by atoms with van der Waals surface area (Å²) in [5, 5.41) is 3.31. The zero-order valence-electron chi connectivity index (χ0n) is 11.6. The molecule has 1 rings (SSSR count). The summed E-state index contributed by atoms with van der Waals surface area (Å²) >= 11 is 5.86. The molecule has 0 spiro atoms. The third-order valence-electron chi connectivity index (χ3n) is 3.61. The van der Waals surface area contributed by atoms with Crippen LogP contribution in [0.2, 0.25) is 5.15 Å². The van der Waals surface area contributed by atoms with Crippen LogP contribution in [0.3, 0.4) is 0 Å². The number of rotatable bonds is 6. The predicted octanol–water partition coefficient (Wildman–Crippen LogP) is 2.72. The smallest absolute Gasteiger partial charge is 0.251 e. The number of amides is 1. The Balaban J connectivity index is 2.97. The van der Waals surface area contributed by atoms with Crippen molar-refractivity contribution in [2.24, 2.45) is 5.84 Å². The minimum atomic E-state index is -0.177. The van der Waals surface area contributed by atoms with E-state index in [1.165, 1.54) is 6.07 Å². The average Bonchev–Trinajstić information content (AvgIpc) is 2.44. The fraction of sp³-hybridized carbons (Fsp3) is 0.538. The van der Waals surface area contributed by atoms with Crippen molar-refractivity contribution in [3.63, 3.8) is 0 Å². The van der Waals surface area contributed by atoms with Crippen LogP contribution in [-0.4, -0.2) is 16.4 Å². The second kappa shape index (κ2) is 6.73. The lowest BCUT2D eigenvalue weighted by Crippen LogP contribution is -2.47. The Kier molecular flexibility index (Phi) is 5.57. The van der Waals surface area contributed by atoms with Gasteiger partial charge in [0.1, 0.15) is 11.0 Å². The Morgan fingerprint density at radius 1 is 1.32 bits per heavy atom. The Morgan fingerprint density at radius 2 is 1.89 bits per heavy atom. The van der Waals surface area contributed by atoms with E-state index in [1.54, 1.807) is 6.07 Å². The molecule has 0 unspecified atom stereocenters. The number of hydrazine groups is 1. The van der Waals surface area contributed by atoms with Crippen molar-refractivity contribution in [3.05, 3.63) is 22.8 Å². The van der Waals surface area contributed by atoms with Crippen LogP contribution >= 0.6 is 11.6 Å². The molecule has 0 fully saturated rings. The van der Waals surface area contributed by atoms with Gasteiger partial charge in [0.05, 0.1) is 0 Å². The predicted molar refractivity (Wildman–Crippen MR) is 78.1 cm³/mol. The molecule has 0 aliphatic rings. The maximum absolute atomic E-state index is 12.3. The fourth-order valence-corrected chi connectivity index (χ4v) is 2.24. The fourth-order valence-electron chi connectivity index (χ4n) is 2.03. The zero-order chi connectivity index (χ0) is 14.5. The van der Waals surface area contributed by atoms with Crippen LogP contribution in [0.25, 0.3) is 0 Å². The summed E-state index contributed by atoms with van der Waals surface area (Å²) in [6.45, 7) is 6.21. The molecular formula is C13H21ClN4O. The van der Waals surface area contributed by atoms with Crippen LogP contribution in [-0.2, 0) is 0 Å². The van der Waals surface area contributed by atoms with Gasteiger partial charge < -0.3 is 10.7 Å². The second-order valence-electron chi connectivity index (χ2n) is 4.50. The largest absolute Gasteiger partial charge is 0.347 e. The van der Waals surface area contributed by atoms with E-state index in [2.05, 4.69) is 36.5 Å². The van der Waals surface area contributed by atoms with Crippen LogP contribution < -0.4 is 16.6 Å². The SMILES string of the molecule is CCC(CC)(CC)NC(=O)c1cc(Cl)nc(NN)c1. The van der Waals surface area contributed by atoms with E-state index in [4.69, 9.17) is 17.4 Å². The number of hydrogen-bond acceptors (Lipinski definition) is 4. The molecule has 0 aliphatic carbocycles. The summed E-state index contributed by atoms with van der Waals surface area (Å²) in [5.74, 6) is 5.50. The zero-order valence-corrected chi connectivity index (χ0v) is 12.3. The monoisotopic (exact) mass is 284 g/mol. The van der Waals surface area contributed by atoms with Gasteiger partial charge in [0.2, 0.25) is 0 Å². The molecule has 1 aromatic heterocycles. The van der Waals surface area contributed by atoms with Crippen LogP contribution in [0.1, 0.15) is 50.4 Å². The first-order valence-corrected chi connectivity index (χ1v) is 6.84. The van der Waals surface area contributed by atoms with Crippen molar-refractivity contribution in [3.8, 4) is 0 Å². The van der Waals surface area contributed by atoms with Crippen molar-refractivity contribution >= 4 is 23.3 Å². The highest BCUT2D eigenvalue weighted by Crippen LogP contribution is 2.21. The molecule has 0 aliphatic heterocycles. The number of anilines is 1. The van der Waals surface area contributed by atoms with Crippen molar-refractivity contribution < 1.29 is 4.79 Å². The Hall–Kier alpha value is -1.33. The first-order valence-electron chi connectivity index (χ1n) is 6.47. The molecule has 0 saturated carbocycles. The first kappa shape index (κ1) is 15.7. The average molecular weight is 285 g/mol. The molecule has 1 aromatic rings. The summed E-state index contributed by atoms with van der Waals surface area (Å²) in [5.41, 5.74) is 2.67. The van der Waals surface area contributed by atoms with Gasteiger partial charge in [0.15, 0.2) is 0 Å². The van der Waals surface area contributed by atoms with Crippen molar-refractivity contribution in [2.75, 3.05) is 5.43 Å². The molecule has 1 amide bonds. The number of halogens is 1. The molecule has 0 bridgehead atoms. The lowest BCUT2D eigenvalue weighted by atomic mass is 9.89. The minimum absolute atomic E-state index is 0.161. The van der Waals surface area contributed by atoms with Crippen molar-refractivity contribution in [2.45, 2.75) is 45.6 Å². The molecule has 1 heterocycles. The molecule has 106 valence electrons. The molecule has 19 heavy (non-hydrogen) atoms. The lowest BCUT2D eigenvalue weighted by Gasteiger charge is -2.31. The van der Waals surface area contributed by atoms with Gasteiger partial charge in [-0.1, -0.05) is 32.4 Å². The van der Waals surface area contributed by atoms with E-state index in [1.807, 2.05) is 0 Å². The standard InChI is InChI=1S/C13H21ClN4O/c1-4-13(5-2,6-3)17-12(19)9-7-10(14)16-11(8-9)18-15/h7-8H,4-6,15H2,1-3H3,(H,16,18)(H,17,19). The van der Waals surface area contributed by atoms with E-state index >= 15 is 0 Å². The highest BCUT2D eigenvalue weighted by Gasteiger charge is 2.26. The van der Waals surface area contributed by atoms with Gasteiger partial charge in [0.25, 0.3) is 5.91 Å². The summed E-state index contributed by atoms with van der Waals surface area (Å²) in [7, 11) is 0. The van der Waals surface area contributed by atoms with E-state index in [0.29, 0.717) is 11.4 Å². The number of aromatic nitrogens is 1. The van der Waals surface area contributed by atoms with Gasteiger partial charge in [-0.3, -0.25) is 4.79 Å². The molecule has 6 heteroatoms. The molecule has 4 N–H and O–H groups in total. The molecule has 0 radical (unpaired) electrons. The van der Waals surface area contributed by atoms with Gasteiger partial charge in [-0.05, 0) is 31.4 Å². The Bertz CT molecular complexity index is 438. The van der Waals surface area contributed by atoms with E-state index < -0.39 is 0 Å². The van der Waals surface area contributed by atoms with Gasteiger partial charge in [0, 0.05) is 11.1 Å². The number of nitrogen functional groups attached to an aromatic ring is 1. The summed E-state index contributed by atoms with van der Waals surface area (Å²) in [6.07, 6.45) is 2.64. The number of nitrogens with zero attached hydrogens (tertiary/aromatic N) is 1. The van der Waals surface area contributed by atoms with E-state index in [0.717, 1.165) is 19.3 Å². The first-order chi connectivity index (χ1) is 9.00. The minimum Gasteiger partial charge on any atom is -0.347 e. The maximum Gasteiger partial charge on any atom is 0.251 e. The molecule has 5 nitrogen and oxygen atoms in total. The quantitative estimate of drug-likeness (QED) is 0.426. The third-order valence-corrected chi connectivity index (χ3v) is 3.81. The van der Waals surface area contributed by atoms with Crippen LogP contribution in [0.4, 0.5) is 5.82 Å². The number of carbonyl (C=O) groups excluding carboxylic acids is 1. The normalized spacial score (nSPS) is 11.2. The van der Waals surface area contributed by atoms with Crippen molar-refractivity contribution in [1.82, 2.24) is 10.3 Å². The Labute approximate surface area is 118 Å². The number of carbonyl (C=O) groups is 1. The van der Waals surface area contributed by atoms with E-state index in [-0.39, 0.29) is 16.6 Å². The van der Waals surface area contributed by atoms with Crippen LogP contribution in [0.5, 0.6) is 0 Å². The van der Waals surface area contributed by atoms with Gasteiger partial charge in [-0.25, -0.2) is 10.8 Å². The second-order valence-corrected chi connectivity index (χ2v) is 4.89. The highest BCUT2D eigenvalue weighted by molar-refractivity contribution is 6.29.